The number of hydrogen-bond donors (Lipinski definition) is 3. The minimum atomic E-state index is -4.50. The Bertz CT molecular complexity index is 900. The third kappa shape index (κ3) is 3.22. The number of alkyl halides is 3. The molecule has 26 heavy (non-hydrogen) atoms. The molecular formula is C17H17F3N6. The van der Waals surface area contributed by atoms with E-state index in [4.69, 9.17) is 0 Å². The summed E-state index contributed by atoms with van der Waals surface area (Å²) in [6.07, 6.45) is -1.18. The molecule has 3 aromatic rings. The van der Waals surface area contributed by atoms with Gasteiger partial charge in [-0.3, -0.25) is 10.1 Å². The Morgan fingerprint density at radius 1 is 1.27 bits per heavy atom. The number of anilines is 1. The zero-order valence-electron chi connectivity index (χ0n) is 13.8. The van der Waals surface area contributed by atoms with Gasteiger partial charge in [0.15, 0.2) is 11.5 Å². The number of H-pyrrole nitrogens is 1. The predicted molar refractivity (Wildman–Crippen MR) is 90.4 cm³/mol. The highest BCUT2D eigenvalue weighted by molar-refractivity contribution is 5.91. The van der Waals surface area contributed by atoms with E-state index in [9.17, 15) is 13.2 Å². The number of rotatable bonds is 4. The fourth-order valence-electron chi connectivity index (χ4n) is 3.19. The molecule has 0 amide bonds. The summed E-state index contributed by atoms with van der Waals surface area (Å²) in [5.41, 5.74) is 0.495. The van der Waals surface area contributed by atoms with Crippen LogP contribution in [0.1, 0.15) is 35.8 Å². The third-order valence-electron chi connectivity index (χ3n) is 4.44. The molecule has 0 aromatic carbocycles. The molecule has 4 rings (SSSR count). The molecule has 0 saturated carbocycles. The van der Waals surface area contributed by atoms with Crippen LogP contribution in [0.4, 0.5) is 19.0 Å². The van der Waals surface area contributed by atoms with Gasteiger partial charge >= 0.3 is 6.18 Å². The van der Waals surface area contributed by atoms with Gasteiger partial charge in [0, 0.05) is 12.2 Å². The van der Waals surface area contributed by atoms with E-state index in [1.165, 1.54) is 0 Å². The summed E-state index contributed by atoms with van der Waals surface area (Å²) in [6, 6.07) is 6.35. The van der Waals surface area contributed by atoms with Crippen molar-refractivity contribution in [3.8, 4) is 0 Å². The maximum absolute atomic E-state index is 13.7. The second kappa shape index (κ2) is 6.56. The molecule has 3 N–H and O–H groups in total. The first-order valence-corrected chi connectivity index (χ1v) is 8.36. The van der Waals surface area contributed by atoms with Gasteiger partial charge in [-0.1, -0.05) is 6.07 Å². The van der Waals surface area contributed by atoms with Crippen LogP contribution in [-0.4, -0.2) is 26.7 Å². The van der Waals surface area contributed by atoms with Gasteiger partial charge in [-0.05, 0) is 37.6 Å². The Morgan fingerprint density at radius 2 is 2.15 bits per heavy atom. The summed E-state index contributed by atoms with van der Waals surface area (Å²) >= 11 is 0. The Hall–Kier alpha value is -2.68. The molecule has 1 atom stereocenters. The maximum Gasteiger partial charge on any atom is 0.417 e. The molecule has 0 radical (unpaired) electrons. The number of pyridine rings is 2. The molecule has 1 aliphatic heterocycles. The van der Waals surface area contributed by atoms with Gasteiger partial charge in [-0.25, -0.2) is 4.98 Å². The molecule has 3 aromatic heterocycles. The van der Waals surface area contributed by atoms with Crippen LogP contribution in [0.3, 0.4) is 0 Å². The van der Waals surface area contributed by atoms with Gasteiger partial charge in [-0.15, -0.1) is 0 Å². The fourth-order valence-corrected chi connectivity index (χ4v) is 3.19. The van der Waals surface area contributed by atoms with Gasteiger partial charge in [0.1, 0.15) is 0 Å². The maximum atomic E-state index is 13.7. The highest BCUT2D eigenvalue weighted by atomic mass is 19.4. The molecule has 0 aliphatic carbocycles. The topological polar surface area (TPSA) is 78.5 Å². The summed E-state index contributed by atoms with van der Waals surface area (Å²) in [7, 11) is 0. The van der Waals surface area contributed by atoms with Crippen molar-refractivity contribution in [1.29, 1.82) is 0 Å². The molecule has 0 spiro atoms. The quantitative estimate of drug-likeness (QED) is 0.663. The lowest BCUT2D eigenvalue weighted by atomic mass is 10.1. The van der Waals surface area contributed by atoms with Gasteiger partial charge in [0.25, 0.3) is 0 Å². The van der Waals surface area contributed by atoms with E-state index in [1.807, 2.05) is 6.07 Å². The molecule has 1 aliphatic rings. The summed E-state index contributed by atoms with van der Waals surface area (Å²) < 4.78 is 41.0. The number of halogens is 3. The summed E-state index contributed by atoms with van der Waals surface area (Å²) in [5.74, 6) is 0.122. The number of hydrogen-bond acceptors (Lipinski definition) is 5. The van der Waals surface area contributed by atoms with Gasteiger partial charge in [-0.2, -0.15) is 18.3 Å². The lowest BCUT2D eigenvalue weighted by molar-refractivity contribution is -0.136. The van der Waals surface area contributed by atoms with E-state index in [0.717, 1.165) is 25.5 Å². The molecule has 0 bridgehead atoms. The van der Waals surface area contributed by atoms with Crippen molar-refractivity contribution in [2.45, 2.75) is 31.6 Å². The summed E-state index contributed by atoms with van der Waals surface area (Å²) in [6.45, 7) is 1.05. The zero-order valence-corrected chi connectivity index (χ0v) is 13.8. The number of aromatic amines is 1. The molecule has 6 nitrogen and oxygen atoms in total. The standard InChI is InChI=1S/C17H17F3N6/c18-17(19,20)11-8-13(12-5-3-7-22-12)24-16-14(11)15(25-26-16)23-9-10-4-1-2-6-21-10/h1-2,4,6,8,12,22H,3,5,7,9H2,(H2,23,24,25,26)/t12-/m0/s1. The second-order valence-corrected chi connectivity index (χ2v) is 6.21. The number of nitrogens with zero attached hydrogens (tertiary/aromatic N) is 3. The Kier molecular flexibility index (Phi) is 4.23. The monoisotopic (exact) mass is 362 g/mol. The van der Waals surface area contributed by atoms with Crippen LogP contribution in [0.15, 0.2) is 30.5 Å². The van der Waals surface area contributed by atoms with Gasteiger partial charge < -0.3 is 10.6 Å². The average Bonchev–Trinajstić information content (AvgIpc) is 3.29. The van der Waals surface area contributed by atoms with E-state index >= 15 is 0 Å². The minimum Gasteiger partial charge on any atom is -0.362 e. The largest absolute Gasteiger partial charge is 0.417 e. The van der Waals surface area contributed by atoms with Crippen LogP contribution in [0.2, 0.25) is 0 Å². The van der Waals surface area contributed by atoms with Crippen LogP contribution < -0.4 is 10.6 Å². The Balaban J connectivity index is 1.73. The molecule has 1 fully saturated rings. The smallest absolute Gasteiger partial charge is 0.362 e. The second-order valence-electron chi connectivity index (χ2n) is 6.21. The number of fused-ring (bicyclic) bond motifs is 1. The first kappa shape index (κ1) is 16.8. The van der Waals surface area contributed by atoms with E-state index in [-0.39, 0.29) is 29.4 Å². The minimum absolute atomic E-state index is 0.0461. The summed E-state index contributed by atoms with van der Waals surface area (Å²) in [4.78, 5) is 8.52. The lowest BCUT2D eigenvalue weighted by Gasteiger charge is -2.14. The highest BCUT2D eigenvalue weighted by Crippen LogP contribution is 2.38. The van der Waals surface area contributed by atoms with Crippen molar-refractivity contribution in [3.05, 3.63) is 47.4 Å². The van der Waals surface area contributed by atoms with Crippen molar-refractivity contribution in [1.82, 2.24) is 25.5 Å². The van der Waals surface area contributed by atoms with Crippen molar-refractivity contribution in [3.63, 3.8) is 0 Å². The van der Waals surface area contributed by atoms with E-state index in [0.29, 0.717) is 11.4 Å². The molecule has 9 heteroatoms. The third-order valence-corrected chi connectivity index (χ3v) is 4.44. The number of nitrogens with one attached hydrogen (secondary N) is 3. The Morgan fingerprint density at radius 3 is 2.85 bits per heavy atom. The lowest BCUT2D eigenvalue weighted by Crippen LogP contribution is -2.16. The van der Waals surface area contributed by atoms with Crippen LogP contribution >= 0.6 is 0 Å². The van der Waals surface area contributed by atoms with Crippen molar-refractivity contribution in [2.75, 3.05) is 11.9 Å². The van der Waals surface area contributed by atoms with Crippen LogP contribution in [0.25, 0.3) is 11.0 Å². The normalized spacial score (nSPS) is 17.7. The Labute approximate surface area is 147 Å². The van der Waals surface area contributed by atoms with Crippen LogP contribution in [0.5, 0.6) is 0 Å². The van der Waals surface area contributed by atoms with Crippen molar-refractivity contribution < 1.29 is 13.2 Å². The van der Waals surface area contributed by atoms with Crippen molar-refractivity contribution in [2.24, 2.45) is 0 Å². The van der Waals surface area contributed by atoms with Crippen LogP contribution in [-0.2, 0) is 12.7 Å². The van der Waals surface area contributed by atoms with E-state index in [1.54, 1.807) is 18.3 Å². The number of aromatic nitrogens is 4. The van der Waals surface area contributed by atoms with Crippen LogP contribution in [0, 0.1) is 0 Å². The zero-order chi connectivity index (χ0) is 18.1. The molecule has 1 saturated heterocycles. The first-order valence-electron chi connectivity index (χ1n) is 8.36. The SMILES string of the molecule is FC(F)(F)c1cc([C@@H]2CCCN2)nc2[nH]nc(NCc3ccccn3)c12. The van der Waals surface area contributed by atoms with Gasteiger partial charge in [0.2, 0.25) is 0 Å². The van der Waals surface area contributed by atoms with Gasteiger partial charge in [0.05, 0.1) is 28.9 Å². The van der Waals surface area contributed by atoms with E-state index < -0.39 is 11.7 Å². The molecule has 136 valence electrons. The predicted octanol–water partition coefficient (Wildman–Crippen LogP) is 3.41. The molecule has 0 unspecified atom stereocenters. The van der Waals surface area contributed by atoms with Crippen molar-refractivity contribution >= 4 is 16.9 Å². The molecule has 4 heterocycles. The molecular weight excluding hydrogens is 345 g/mol. The summed E-state index contributed by atoms with van der Waals surface area (Å²) in [5, 5.41) is 12.7. The fraction of sp³-hybridized carbons (Fsp3) is 0.353. The first-order chi connectivity index (χ1) is 12.5. The highest BCUT2D eigenvalue weighted by Gasteiger charge is 2.36. The van der Waals surface area contributed by atoms with E-state index in [2.05, 4.69) is 30.8 Å². The average molecular weight is 362 g/mol.